The summed E-state index contributed by atoms with van der Waals surface area (Å²) in [7, 11) is -3.89. The van der Waals surface area contributed by atoms with Crippen LogP contribution < -0.4 is 0 Å². The molecule has 0 aromatic heterocycles. The lowest BCUT2D eigenvalue weighted by Gasteiger charge is -2.13. The zero-order valence-electron chi connectivity index (χ0n) is 18.0. The van der Waals surface area contributed by atoms with E-state index in [2.05, 4.69) is 6.92 Å². The summed E-state index contributed by atoms with van der Waals surface area (Å²) in [5, 5.41) is 8.94. The second-order valence-corrected chi connectivity index (χ2v) is 9.86. The third-order valence-electron chi connectivity index (χ3n) is 5.59. The van der Waals surface area contributed by atoms with Crippen LogP contribution >= 0.6 is 0 Å². The Balaban J connectivity index is 3.54. The fourth-order valence-corrected chi connectivity index (χ4v) is 4.54. The molecular weight excluding hydrogens is 360 g/mol. The first-order chi connectivity index (χ1) is 12.9. The highest BCUT2D eigenvalue weighted by Crippen LogP contribution is 2.19. The second-order valence-electron chi connectivity index (χ2n) is 8.16. The standard InChI is InChI=1S/C22H46O4S/c1-3-5-6-16-19-22(27(24,25)26)20-17-14-12-10-8-7-9-11-13-15-18-21(23)4-2/h21-23H,3-20H2,1-2H3,(H,24,25,26). The molecule has 2 N–H and O–H groups in total. The van der Waals surface area contributed by atoms with Crippen LogP contribution in [0.1, 0.15) is 129 Å². The van der Waals surface area contributed by atoms with E-state index >= 15 is 0 Å². The smallest absolute Gasteiger partial charge is 0.267 e. The maximum Gasteiger partial charge on any atom is 0.267 e. The molecule has 0 saturated carbocycles. The van der Waals surface area contributed by atoms with Gasteiger partial charge < -0.3 is 5.11 Å². The zero-order valence-corrected chi connectivity index (χ0v) is 18.8. The van der Waals surface area contributed by atoms with Gasteiger partial charge in [0.2, 0.25) is 0 Å². The molecule has 0 bridgehead atoms. The number of unbranched alkanes of at least 4 members (excludes halogenated alkanes) is 12. The SMILES string of the molecule is CCCCCCC(CCCCCCCCCCCCC(O)CC)S(=O)(=O)O. The fourth-order valence-electron chi connectivity index (χ4n) is 3.61. The van der Waals surface area contributed by atoms with Gasteiger partial charge in [-0.15, -0.1) is 0 Å². The number of rotatable bonds is 20. The van der Waals surface area contributed by atoms with E-state index in [9.17, 15) is 18.1 Å². The van der Waals surface area contributed by atoms with E-state index in [0.29, 0.717) is 12.8 Å². The first-order valence-corrected chi connectivity index (χ1v) is 13.1. The molecule has 0 fully saturated rings. The minimum absolute atomic E-state index is 0.109. The van der Waals surface area contributed by atoms with E-state index in [0.717, 1.165) is 64.2 Å². The average molecular weight is 407 g/mol. The number of aliphatic hydroxyl groups is 1. The quantitative estimate of drug-likeness (QED) is 0.175. The Morgan fingerprint density at radius 2 is 1.00 bits per heavy atom. The monoisotopic (exact) mass is 406 g/mol. The van der Waals surface area contributed by atoms with Crippen molar-refractivity contribution in [3.63, 3.8) is 0 Å². The predicted molar refractivity (Wildman–Crippen MR) is 116 cm³/mol. The van der Waals surface area contributed by atoms with Crippen molar-refractivity contribution in [3.8, 4) is 0 Å². The minimum atomic E-state index is -3.89. The molecule has 4 nitrogen and oxygen atoms in total. The summed E-state index contributed by atoms with van der Waals surface area (Å²) in [6.45, 7) is 4.17. The Morgan fingerprint density at radius 3 is 1.37 bits per heavy atom. The van der Waals surface area contributed by atoms with Gasteiger partial charge in [-0.05, 0) is 25.7 Å². The third kappa shape index (κ3) is 17.7. The van der Waals surface area contributed by atoms with E-state index in [-0.39, 0.29) is 6.10 Å². The molecule has 164 valence electrons. The Kier molecular flexibility index (Phi) is 17.8. The van der Waals surface area contributed by atoms with Crippen LogP contribution in [-0.4, -0.2) is 29.4 Å². The van der Waals surface area contributed by atoms with Crippen LogP contribution in [0.3, 0.4) is 0 Å². The van der Waals surface area contributed by atoms with Gasteiger partial charge >= 0.3 is 0 Å². The van der Waals surface area contributed by atoms with E-state index < -0.39 is 15.4 Å². The van der Waals surface area contributed by atoms with Crippen LogP contribution in [0.5, 0.6) is 0 Å². The summed E-state index contributed by atoms with van der Waals surface area (Å²) in [4.78, 5) is 0. The van der Waals surface area contributed by atoms with Crippen LogP contribution in [0.25, 0.3) is 0 Å². The lowest BCUT2D eigenvalue weighted by Crippen LogP contribution is -2.20. The highest BCUT2D eigenvalue weighted by atomic mass is 32.2. The van der Waals surface area contributed by atoms with Crippen molar-refractivity contribution >= 4 is 10.1 Å². The molecule has 27 heavy (non-hydrogen) atoms. The summed E-state index contributed by atoms with van der Waals surface area (Å²) >= 11 is 0. The van der Waals surface area contributed by atoms with Gasteiger partial charge in [0, 0.05) is 0 Å². The van der Waals surface area contributed by atoms with Crippen LogP contribution in [0.4, 0.5) is 0 Å². The van der Waals surface area contributed by atoms with Crippen LogP contribution in [-0.2, 0) is 10.1 Å². The Bertz CT molecular complexity index is 409. The summed E-state index contributed by atoms with van der Waals surface area (Å²) in [6, 6.07) is 0. The van der Waals surface area contributed by atoms with Crippen LogP contribution in [0.2, 0.25) is 0 Å². The van der Waals surface area contributed by atoms with Crippen LogP contribution in [0, 0.1) is 0 Å². The minimum Gasteiger partial charge on any atom is -0.393 e. The molecule has 0 heterocycles. The van der Waals surface area contributed by atoms with Gasteiger partial charge in [-0.1, -0.05) is 104 Å². The molecule has 0 saturated heterocycles. The maximum absolute atomic E-state index is 11.5. The van der Waals surface area contributed by atoms with Gasteiger partial charge in [0.15, 0.2) is 0 Å². The van der Waals surface area contributed by atoms with Gasteiger partial charge in [0.1, 0.15) is 0 Å². The molecule has 5 heteroatoms. The molecule has 0 aromatic rings. The lowest BCUT2D eigenvalue weighted by atomic mass is 10.0. The number of hydrogen-bond acceptors (Lipinski definition) is 3. The van der Waals surface area contributed by atoms with E-state index in [4.69, 9.17) is 0 Å². The summed E-state index contributed by atoms with van der Waals surface area (Å²) in [5.41, 5.74) is 0. The van der Waals surface area contributed by atoms with E-state index in [1.54, 1.807) is 0 Å². The van der Waals surface area contributed by atoms with Gasteiger partial charge in [-0.3, -0.25) is 4.55 Å². The van der Waals surface area contributed by atoms with Gasteiger partial charge in [-0.25, -0.2) is 0 Å². The van der Waals surface area contributed by atoms with E-state index in [1.165, 1.54) is 38.5 Å². The number of aliphatic hydroxyl groups excluding tert-OH is 1. The summed E-state index contributed by atoms with van der Waals surface area (Å²) < 4.78 is 32.4. The van der Waals surface area contributed by atoms with Crippen molar-refractivity contribution in [1.82, 2.24) is 0 Å². The highest BCUT2D eigenvalue weighted by Gasteiger charge is 2.21. The second kappa shape index (κ2) is 17.9. The molecular formula is C22H46O4S. The van der Waals surface area contributed by atoms with Crippen molar-refractivity contribution in [2.75, 3.05) is 0 Å². The molecule has 2 atom stereocenters. The normalized spacial score (nSPS) is 14.4. The zero-order chi connectivity index (χ0) is 20.4. The van der Waals surface area contributed by atoms with Gasteiger partial charge in [0.25, 0.3) is 10.1 Å². The van der Waals surface area contributed by atoms with Gasteiger partial charge in [-0.2, -0.15) is 8.42 Å². The predicted octanol–water partition coefficient (Wildman–Crippen LogP) is 6.67. The van der Waals surface area contributed by atoms with Crippen molar-refractivity contribution < 1.29 is 18.1 Å². The molecule has 0 rings (SSSR count). The molecule has 0 radical (unpaired) electrons. The largest absolute Gasteiger partial charge is 0.393 e. The topological polar surface area (TPSA) is 74.6 Å². The molecule has 2 unspecified atom stereocenters. The molecule has 0 aromatic carbocycles. The van der Waals surface area contributed by atoms with Crippen molar-refractivity contribution in [2.24, 2.45) is 0 Å². The van der Waals surface area contributed by atoms with Crippen LogP contribution in [0.15, 0.2) is 0 Å². The summed E-state index contributed by atoms with van der Waals surface area (Å²) in [6.07, 6.45) is 19.0. The van der Waals surface area contributed by atoms with Gasteiger partial charge in [0.05, 0.1) is 11.4 Å². The molecule has 0 aliphatic rings. The van der Waals surface area contributed by atoms with E-state index in [1.807, 2.05) is 6.92 Å². The lowest BCUT2D eigenvalue weighted by molar-refractivity contribution is 0.156. The molecule has 0 amide bonds. The highest BCUT2D eigenvalue weighted by molar-refractivity contribution is 7.86. The third-order valence-corrected chi connectivity index (χ3v) is 6.90. The first kappa shape index (κ1) is 26.9. The molecule has 0 aliphatic carbocycles. The first-order valence-electron chi connectivity index (χ1n) is 11.6. The Morgan fingerprint density at radius 1 is 0.630 bits per heavy atom. The Hall–Kier alpha value is -0.130. The van der Waals surface area contributed by atoms with Crippen molar-refractivity contribution in [1.29, 1.82) is 0 Å². The van der Waals surface area contributed by atoms with Crippen molar-refractivity contribution in [2.45, 2.75) is 141 Å². The average Bonchev–Trinajstić information content (AvgIpc) is 2.62. The number of hydrogen-bond donors (Lipinski definition) is 2. The fraction of sp³-hybridized carbons (Fsp3) is 1.00. The Labute approximate surface area is 169 Å². The maximum atomic E-state index is 11.5. The molecule has 0 spiro atoms. The molecule has 0 aliphatic heterocycles. The van der Waals surface area contributed by atoms with Crippen molar-refractivity contribution in [3.05, 3.63) is 0 Å². The summed E-state index contributed by atoms with van der Waals surface area (Å²) in [5.74, 6) is 0.